The summed E-state index contributed by atoms with van der Waals surface area (Å²) in [6.45, 7) is 3.99. The van der Waals surface area contributed by atoms with E-state index in [0.29, 0.717) is 5.17 Å². The van der Waals surface area contributed by atoms with Crippen LogP contribution < -0.4 is 4.90 Å². The zero-order valence-electron chi connectivity index (χ0n) is 14.2. The van der Waals surface area contributed by atoms with Crippen LogP contribution >= 0.6 is 34.4 Å². The number of nitrogens with zero attached hydrogens (tertiary/aromatic N) is 2. The Morgan fingerprint density at radius 3 is 2.72 bits per heavy atom. The summed E-state index contributed by atoms with van der Waals surface area (Å²) in [7, 11) is -3.04. The molecule has 0 saturated carbocycles. The van der Waals surface area contributed by atoms with Crippen LogP contribution in [0.1, 0.15) is 26.7 Å². The van der Waals surface area contributed by atoms with E-state index in [0.717, 1.165) is 22.1 Å². The molecule has 0 bridgehead atoms. The largest absolute Gasteiger partial charge is 0.316 e. The van der Waals surface area contributed by atoms with E-state index in [2.05, 4.69) is 27.6 Å². The van der Waals surface area contributed by atoms with Gasteiger partial charge in [0.25, 0.3) is 5.91 Å². The van der Waals surface area contributed by atoms with Crippen LogP contribution in [-0.2, 0) is 14.6 Å². The molecule has 1 aromatic rings. The first-order chi connectivity index (χ1) is 11.8. The lowest BCUT2D eigenvalue weighted by atomic mass is 10.0. The molecule has 136 valence electrons. The van der Waals surface area contributed by atoms with Gasteiger partial charge in [-0.2, -0.15) is 4.99 Å². The summed E-state index contributed by atoms with van der Waals surface area (Å²) in [5, 5.41) is 0.583. The van der Waals surface area contributed by atoms with Crippen molar-refractivity contribution in [1.29, 1.82) is 0 Å². The summed E-state index contributed by atoms with van der Waals surface area (Å²) in [6, 6.07) is 7.74. The molecule has 0 radical (unpaired) electrons. The van der Waals surface area contributed by atoms with Gasteiger partial charge in [0.2, 0.25) is 0 Å². The van der Waals surface area contributed by atoms with Crippen molar-refractivity contribution < 1.29 is 13.2 Å². The van der Waals surface area contributed by atoms with Crippen LogP contribution in [0.4, 0.5) is 5.69 Å². The van der Waals surface area contributed by atoms with Crippen LogP contribution in [0.2, 0.25) is 0 Å². The van der Waals surface area contributed by atoms with E-state index < -0.39 is 9.84 Å². The maximum absolute atomic E-state index is 12.5. The minimum atomic E-state index is -3.04. The maximum Gasteiger partial charge on any atom is 0.251 e. The lowest BCUT2D eigenvalue weighted by Crippen LogP contribution is -2.38. The Bertz CT molecular complexity index is 806. The fourth-order valence-electron chi connectivity index (χ4n) is 3.32. The molecule has 2 aliphatic heterocycles. The van der Waals surface area contributed by atoms with Gasteiger partial charge in [0.15, 0.2) is 15.0 Å². The lowest BCUT2D eigenvalue weighted by Gasteiger charge is -2.25. The van der Waals surface area contributed by atoms with E-state index in [1.165, 1.54) is 11.8 Å². The molecule has 2 atom stereocenters. The van der Waals surface area contributed by atoms with Crippen LogP contribution in [0, 0.1) is 9.49 Å². The van der Waals surface area contributed by atoms with Crippen molar-refractivity contribution in [2.24, 2.45) is 10.9 Å². The van der Waals surface area contributed by atoms with Gasteiger partial charge >= 0.3 is 0 Å². The van der Waals surface area contributed by atoms with Crippen LogP contribution in [0.15, 0.2) is 29.3 Å². The van der Waals surface area contributed by atoms with Crippen molar-refractivity contribution in [3.05, 3.63) is 27.8 Å². The number of amidine groups is 1. The van der Waals surface area contributed by atoms with Crippen molar-refractivity contribution in [2.45, 2.75) is 38.0 Å². The number of thioether (sulfide) groups is 1. The Morgan fingerprint density at radius 2 is 2.08 bits per heavy atom. The van der Waals surface area contributed by atoms with E-state index in [-0.39, 0.29) is 34.6 Å². The average molecular weight is 492 g/mol. The lowest BCUT2D eigenvalue weighted by molar-refractivity contribution is -0.121. The second-order valence-electron chi connectivity index (χ2n) is 6.40. The number of amides is 1. The van der Waals surface area contributed by atoms with Crippen molar-refractivity contribution >= 4 is 61.0 Å². The van der Waals surface area contributed by atoms with E-state index in [1.807, 2.05) is 43.0 Å². The van der Waals surface area contributed by atoms with Crippen molar-refractivity contribution in [2.75, 3.05) is 16.4 Å². The molecule has 3 rings (SSSR count). The summed E-state index contributed by atoms with van der Waals surface area (Å²) in [4.78, 5) is 18.9. The number of sulfone groups is 1. The van der Waals surface area contributed by atoms with E-state index in [4.69, 9.17) is 0 Å². The third-order valence-electron chi connectivity index (χ3n) is 4.69. The van der Waals surface area contributed by atoms with Crippen molar-refractivity contribution in [3.8, 4) is 0 Å². The molecule has 0 aliphatic carbocycles. The second-order valence-corrected chi connectivity index (χ2v) is 11.0. The van der Waals surface area contributed by atoms with Crippen LogP contribution in [0.3, 0.4) is 0 Å². The van der Waals surface area contributed by atoms with Crippen LogP contribution in [-0.4, -0.2) is 42.3 Å². The number of halogens is 1. The van der Waals surface area contributed by atoms with Gasteiger partial charge in [-0.05, 0) is 53.6 Å². The minimum absolute atomic E-state index is 0.0591. The van der Waals surface area contributed by atoms with E-state index >= 15 is 0 Å². The van der Waals surface area contributed by atoms with Gasteiger partial charge in [-0.25, -0.2) is 8.42 Å². The summed E-state index contributed by atoms with van der Waals surface area (Å²) < 4.78 is 25.2. The first-order valence-corrected chi connectivity index (χ1v) is 12.2. The smallest absolute Gasteiger partial charge is 0.251 e. The average Bonchev–Trinajstić information content (AvgIpc) is 2.99. The van der Waals surface area contributed by atoms with Crippen molar-refractivity contribution in [1.82, 2.24) is 0 Å². The zero-order chi connectivity index (χ0) is 18.2. The molecule has 5 nitrogen and oxygen atoms in total. The molecule has 2 saturated heterocycles. The number of carbonyl (C=O) groups is 1. The van der Waals surface area contributed by atoms with E-state index in [1.54, 1.807) is 0 Å². The number of carbonyl (C=O) groups excluding carboxylic acids is 1. The monoisotopic (exact) mass is 492 g/mol. The molecule has 0 unspecified atom stereocenters. The standard InChI is InChI=1S/C17H21IN2O3S2/c1-3-11(4-2)16(21)19-17-20(13-7-5-6-12(18)8-13)14-9-25(22,23)10-15(14)24-17/h5-8,11,14-15H,3-4,9-10H2,1-2H3/t14-,15-/m0/s1. The predicted molar refractivity (Wildman–Crippen MR) is 112 cm³/mol. The third-order valence-corrected chi connectivity index (χ3v) is 8.57. The Labute approximate surface area is 166 Å². The number of anilines is 1. The number of hydrogen-bond donors (Lipinski definition) is 0. The molecule has 2 fully saturated rings. The summed E-state index contributed by atoms with van der Waals surface area (Å²) >= 11 is 3.67. The highest BCUT2D eigenvalue weighted by atomic mass is 127. The summed E-state index contributed by atoms with van der Waals surface area (Å²) in [5.74, 6) is 0.0935. The molecule has 25 heavy (non-hydrogen) atoms. The van der Waals surface area contributed by atoms with Crippen molar-refractivity contribution in [3.63, 3.8) is 0 Å². The van der Waals surface area contributed by atoms with Gasteiger partial charge in [0.1, 0.15) is 0 Å². The number of fused-ring (bicyclic) bond motifs is 1. The Balaban J connectivity index is 1.99. The van der Waals surface area contributed by atoms with Gasteiger partial charge in [-0.1, -0.05) is 31.7 Å². The second kappa shape index (κ2) is 7.56. The number of aliphatic imine (C=N–C) groups is 1. The Kier molecular flexibility index (Phi) is 5.79. The summed E-state index contributed by atoms with van der Waals surface area (Å²) in [6.07, 6.45) is 1.53. The Morgan fingerprint density at radius 1 is 1.36 bits per heavy atom. The first-order valence-electron chi connectivity index (χ1n) is 8.39. The molecule has 1 aromatic carbocycles. The minimum Gasteiger partial charge on any atom is -0.316 e. The maximum atomic E-state index is 12.5. The van der Waals surface area contributed by atoms with Gasteiger partial charge in [-0.3, -0.25) is 4.79 Å². The zero-order valence-corrected chi connectivity index (χ0v) is 18.0. The highest BCUT2D eigenvalue weighted by Crippen LogP contribution is 2.41. The topological polar surface area (TPSA) is 66.8 Å². The van der Waals surface area contributed by atoms with E-state index in [9.17, 15) is 13.2 Å². The molecule has 2 aliphatic rings. The van der Waals surface area contributed by atoms with Gasteiger partial charge in [0, 0.05) is 20.4 Å². The molecule has 1 amide bonds. The first kappa shape index (κ1) is 19.2. The predicted octanol–water partition coefficient (Wildman–Crippen LogP) is 3.33. The fourth-order valence-corrected chi connectivity index (χ4v) is 7.76. The number of benzene rings is 1. The molecule has 8 heteroatoms. The fraction of sp³-hybridized carbons (Fsp3) is 0.529. The van der Waals surface area contributed by atoms with Crippen LogP contribution in [0.5, 0.6) is 0 Å². The molecular weight excluding hydrogens is 471 g/mol. The highest BCUT2D eigenvalue weighted by molar-refractivity contribution is 14.1. The molecule has 0 spiro atoms. The molecular formula is C17H21IN2O3S2. The Hall–Kier alpha value is -0.610. The molecule has 2 heterocycles. The van der Waals surface area contributed by atoms with Gasteiger partial charge in [0.05, 0.1) is 17.5 Å². The third kappa shape index (κ3) is 4.05. The highest BCUT2D eigenvalue weighted by Gasteiger charge is 2.49. The van der Waals surface area contributed by atoms with Crippen LogP contribution in [0.25, 0.3) is 0 Å². The number of hydrogen-bond acceptors (Lipinski definition) is 4. The van der Waals surface area contributed by atoms with Gasteiger partial charge < -0.3 is 4.90 Å². The molecule has 0 aromatic heterocycles. The summed E-state index contributed by atoms with van der Waals surface area (Å²) in [5.41, 5.74) is 0.903. The SMILES string of the molecule is CCC(CC)C(=O)N=C1S[C@H]2CS(=O)(=O)C[C@@H]2N1c1cccc(I)c1. The number of rotatable bonds is 4. The quantitative estimate of drug-likeness (QED) is 0.604. The van der Waals surface area contributed by atoms with Gasteiger partial charge in [-0.15, -0.1) is 0 Å². The normalized spacial score (nSPS) is 26.4. The molecule has 0 N–H and O–H groups in total.